The van der Waals surface area contributed by atoms with Gasteiger partial charge in [0.05, 0.1) is 15.9 Å². The van der Waals surface area contributed by atoms with Crippen molar-refractivity contribution in [2.45, 2.75) is 0 Å². The number of benzene rings is 7. The van der Waals surface area contributed by atoms with E-state index in [1.54, 1.807) is 17.7 Å². The van der Waals surface area contributed by atoms with Gasteiger partial charge in [-0.3, -0.25) is 0 Å². The van der Waals surface area contributed by atoms with Crippen LogP contribution in [0.15, 0.2) is 175 Å². The fourth-order valence-corrected chi connectivity index (χ4v) is 8.28. The topological polar surface area (TPSA) is 38.9 Å². The van der Waals surface area contributed by atoms with Crippen molar-refractivity contribution in [2.24, 2.45) is 0 Å². The van der Waals surface area contributed by atoms with Gasteiger partial charge in [0.2, 0.25) is 0 Å². The highest BCUT2D eigenvalue weighted by atomic mass is 32.1. The van der Waals surface area contributed by atoms with Crippen LogP contribution in [0, 0.1) is 0 Å². The van der Waals surface area contributed by atoms with E-state index < -0.39 is 0 Å². The van der Waals surface area contributed by atoms with E-state index in [9.17, 15) is 0 Å². The number of furan rings is 1. The lowest BCUT2D eigenvalue weighted by molar-refractivity contribution is 0.670. The van der Waals surface area contributed by atoms with Crippen molar-refractivity contribution >= 4 is 53.6 Å². The van der Waals surface area contributed by atoms with Gasteiger partial charge in [0.25, 0.3) is 0 Å². The van der Waals surface area contributed by atoms with E-state index >= 15 is 0 Å². The van der Waals surface area contributed by atoms with Gasteiger partial charge < -0.3 is 4.42 Å². The summed E-state index contributed by atoms with van der Waals surface area (Å²) in [5, 5.41) is 3.40. The van der Waals surface area contributed by atoms with Crippen molar-refractivity contribution < 1.29 is 4.42 Å². The summed E-state index contributed by atoms with van der Waals surface area (Å²) < 4.78 is 8.66. The summed E-state index contributed by atoms with van der Waals surface area (Å²) in [5.41, 5.74) is 14.2. The molecule has 10 rings (SSSR count). The van der Waals surface area contributed by atoms with E-state index in [1.807, 2.05) is 12.1 Å². The summed E-state index contributed by atoms with van der Waals surface area (Å²) in [6, 6.07) is 58.0. The van der Waals surface area contributed by atoms with Crippen LogP contribution in [0.5, 0.6) is 0 Å². The first-order valence-corrected chi connectivity index (χ1v) is 17.5. The molecule has 4 heteroatoms. The molecule has 50 heavy (non-hydrogen) atoms. The zero-order chi connectivity index (χ0) is 33.0. The van der Waals surface area contributed by atoms with Gasteiger partial charge in [-0.15, -0.1) is 11.3 Å². The molecular formula is C46H28N2OS. The Bertz CT molecular complexity index is 2870. The summed E-state index contributed by atoms with van der Waals surface area (Å²) in [6.45, 7) is 0. The molecule has 0 aliphatic carbocycles. The van der Waals surface area contributed by atoms with Crippen LogP contribution in [-0.2, 0) is 0 Å². The van der Waals surface area contributed by atoms with Crippen LogP contribution in [0.3, 0.4) is 0 Å². The molecule has 0 radical (unpaired) electrons. The Morgan fingerprint density at radius 1 is 0.420 bits per heavy atom. The molecule has 10 aromatic rings. The minimum Gasteiger partial charge on any atom is -0.455 e. The van der Waals surface area contributed by atoms with Crippen LogP contribution in [0.4, 0.5) is 0 Å². The Morgan fingerprint density at radius 3 is 1.84 bits per heavy atom. The average molecular weight is 657 g/mol. The highest BCUT2D eigenvalue weighted by Crippen LogP contribution is 2.41. The molecule has 7 aromatic carbocycles. The summed E-state index contributed by atoms with van der Waals surface area (Å²) in [5.74, 6) is 0. The van der Waals surface area contributed by atoms with Crippen LogP contribution in [-0.4, -0.2) is 9.97 Å². The fourth-order valence-electron chi connectivity index (χ4n) is 7.13. The van der Waals surface area contributed by atoms with Crippen molar-refractivity contribution in [1.29, 1.82) is 0 Å². The third kappa shape index (κ3) is 4.80. The van der Waals surface area contributed by atoms with E-state index in [4.69, 9.17) is 14.4 Å². The van der Waals surface area contributed by atoms with Crippen LogP contribution in [0.1, 0.15) is 0 Å². The van der Waals surface area contributed by atoms with Crippen molar-refractivity contribution in [1.82, 2.24) is 9.97 Å². The first kappa shape index (κ1) is 28.6. The SMILES string of the molecule is c1ccc(-c2cccc(-c3ccc(-c4ccc5sc6c(-c7cccc(-c8cccc9c8oc8ccccc89)c7)ncnc6c5c4)cc3)c2)cc1. The Morgan fingerprint density at radius 2 is 1.02 bits per heavy atom. The highest BCUT2D eigenvalue weighted by Gasteiger charge is 2.16. The molecule has 0 atom stereocenters. The number of fused-ring (bicyclic) bond motifs is 6. The van der Waals surface area contributed by atoms with E-state index in [0.717, 1.165) is 59.9 Å². The fraction of sp³-hybridized carbons (Fsp3) is 0. The van der Waals surface area contributed by atoms with Gasteiger partial charge in [0, 0.05) is 32.0 Å². The standard InChI is InChI=1S/C46H28N2OS/c1-2-9-29(10-3-1)32-11-6-12-33(25-32)30-19-21-31(22-20-30)34-23-24-42-40(27-34)44-46(50-42)43(47-28-48-44)36-14-7-13-35(26-36)37-16-8-17-39-38-15-4-5-18-41(38)49-45(37)39/h1-28H. The van der Waals surface area contributed by atoms with Crippen molar-refractivity contribution in [3.63, 3.8) is 0 Å². The van der Waals surface area contributed by atoms with Crippen molar-refractivity contribution in [2.75, 3.05) is 0 Å². The predicted molar refractivity (Wildman–Crippen MR) is 209 cm³/mol. The van der Waals surface area contributed by atoms with Gasteiger partial charge in [0.1, 0.15) is 17.5 Å². The second kappa shape index (κ2) is 11.7. The summed E-state index contributed by atoms with van der Waals surface area (Å²) in [6.07, 6.45) is 1.70. The summed E-state index contributed by atoms with van der Waals surface area (Å²) in [4.78, 5) is 9.63. The lowest BCUT2D eigenvalue weighted by atomic mass is 9.97. The number of thiophene rings is 1. The van der Waals surface area contributed by atoms with Gasteiger partial charge in [-0.1, -0.05) is 133 Å². The molecule has 0 N–H and O–H groups in total. The Balaban J connectivity index is 1.00. The molecular weight excluding hydrogens is 629 g/mol. The Labute approximate surface area is 292 Å². The lowest BCUT2D eigenvalue weighted by Crippen LogP contribution is -1.87. The van der Waals surface area contributed by atoms with Gasteiger partial charge >= 0.3 is 0 Å². The number of hydrogen-bond donors (Lipinski definition) is 0. The maximum absolute atomic E-state index is 6.37. The van der Waals surface area contributed by atoms with E-state index in [2.05, 4.69) is 152 Å². The van der Waals surface area contributed by atoms with Gasteiger partial charge in [-0.25, -0.2) is 9.97 Å². The minimum atomic E-state index is 0.901. The number of hydrogen-bond acceptors (Lipinski definition) is 4. The molecule has 0 aliphatic rings. The smallest absolute Gasteiger partial charge is 0.143 e. The zero-order valence-corrected chi connectivity index (χ0v) is 27.7. The molecule has 3 nitrogen and oxygen atoms in total. The molecule has 0 spiro atoms. The second-order valence-electron chi connectivity index (χ2n) is 12.6. The third-order valence-corrected chi connectivity index (χ3v) is 10.8. The minimum absolute atomic E-state index is 0.901. The maximum Gasteiger partial charge on any atom is 0.143 e. The first-order chi connectivity index (χ1) is 24.8. The zero-order valence-electron chi connectivity index (χ0n) is 26.9. The third-order valence-electron chi connectivity index (χ3n) is 9.62. The van der Waals surface area contributed by atoms with Crippen molar-refractivity contribution in [3.8, 4) is 55.8 Å². The normalized spacial score (nSPS) is 11.6. The molecule has 0 aliphatic heterocycles. The molecule has 0 bridgehead atoms. The maximum atomic E-state index is 6.37. The molecule has 234 valence electrons. The average Bonchev–Trinajstić information content (AvgIpc) is 3.77. The Kier molecular flexibility index (Phi) is 6.68. The van der Waals surface area contributed by atoms with E-state index in [0.29, 0.717) is 0 Å². The van der Waals surface area contributed by atoms with Crippen molar-refractivity contribution in [3.05, 3.63) is 170 Å². The van der Waals surface area contributed by atoms with Gasteiger partial charge in [-0.05, 0) is 69.3 Å². The monoisotopic (exact) mass is 656 g/mol. The summed E-state index contributed by atoms with van der Waals surface area (Å²) >= 11 is 1.75. The number of para-hydroxylation sites is 2. The summed E-state index contributed by atoms with van der Waals surface area (Å²) in [7, 11) is 0. The molecule has 3 aromatic heterocycles. The van der Waals surface area contributed by atoms with Crippen LogP contribution in [0.25, 0.3) is 98.0 Å². The quantitative estimate of drug-likeness (QED) is 0.185. The van der Waals surface area contributed by atoms with Gasteiger partial charge in [-0.2, -0.15) is 0 Å². The molecule has 0 fully saturated rings. The van der Waals surface area contributed by atoms with Crippen LogP contribution >= 0.6 is 11.3 Å². The predicted octanol–water partition coefficient (Wildman–Crippen LogP) is 13.1. The van der Waals surface area contributed by atoms with E-state index in [1.165, 1.54) is 38.1 Å². The number of aromatic nitrogens is 2. The number of rotatable bonds is 5. The van der Waals surface area contributed by atoms with Crippen LogP contribution < -0.4 is 0 Å². The molecule has 0 unspecified atom stereocenters. The lowest BCUT2D eigenvalue weighted by Gasteiger charge is -2.08. The molecule has 0 saturated carbocycles. The van der Waals surface area contributed by atoms with Gasteiger partial charge in [0.15, 0.2) is 0 Å². The van der Waals surface area contributed by atoms with E-state index in [-0.39, 0.29) is 0 Å². The molecule has 0 amide bonds. The largest absolute Gasteiger partial charge is 0.455 e. The first-order valence-electron chi connectivity index (χ1n) is 16.7. The molecule has 0 saturated heterocycles. The second-order valence-corrected chi connectivity index (χ2v) is 13.7. The Hall–Kier alpha value is -6.36. The number of nitrogens with zero attached hydrogens (tertiary/aromatic N) is 2. The highest BCUT2D eigenvalue weighted by molar-refractivity contribution is 7.26. The molecule has 3 heterocycles. The van der Waals surface area contributed by atoms with Crippen LogP contribution in [0.2, 0.25) is 0 Å².